The first kappa shape index (κ1) is 19.3. The van der Waals surface area contributed by atoms with Crippen LogP contribution in [0, 0.1) is 11.8 Å². The summed E-state index contributed by atoms with van der Waals surface area (Å²) in [5, 5.41) is 0. The van der Waals surface area contributed by atoms with Gasteiger partial charge in [-0.25, -0.2) is 0 Å². The molecular formula is C22H36O2. The lowest BCUT2D eigenvalue weighted by atomic mass is 9.67. The molecule has 2 rings (SSSR count). The van der Waals surface area contributed by atoms with Gasteiger partial charge in [-0.15, -0.1) is 0 Å². The molecule has 1 fully saturated rings. The zero-order valence-corrected chi connectivity index (χ0v) is 15.9. The number of methoxy groups -OCH3 is 2. The van der Waals surface area contributed by atoms with Gasteiger partial charge in [0.25, 0.3) is 0 Å². The highest BCUT2D eigenvalue weighted by atomic mass is 16.5. The number of benzene rings is 1. The summed E-state index contributed by atoms with van der Waals surface area (Å²) in [6.07, 6.45) is 14.0. The topological polar surface area (TPSA) is 18.5 Å². The van der Waals surface area contributed by atoms with Gasteiger partial charge in [-0.1, -0.05) is 57.6 Å². The maximum atomic E-state index is 5.81. The molecule has 136 valence electrons. The van der Waals surface area contributed by atoms with Crippen LogP contribution in [-0.2, 0) is 11.2 Å². The summed E-state index contributed by atoms with van der Waals surface area (Å²) in [4.78, 5) is 0. The van der Waals surface area contributed by atoms with Crippen molar-refractivity contribution >= 4 is 0 Å². The van der Waals surface area contributed by atoms with Crippen LogP contribution in [0.4, 0.5) is 0 Å². The Labute approximate surface area is 148 Å². The SMILES string of the molecule is CCCCCCCCC1C[C@H](CCc2ccc(OC)cc2)C1OC. The Morgan fingerprint density at radius 2 is 1.54 bits per heavy atom. The standard InChI is InChI=1S/C22H36O2/c1-4-5-6-7-8-9-10-19-17-20(22(19)24-3)14-11-18-12-15-21(23-2)16-13-18/h12-13,15-16,19-20,22H,4-11,14,17H2,1-3H3/t19?,20-,22?/m0/s1. The molecule has 0 radical (unpaired) electrons. The van der Waals surface area contributed by atoms with E-state index < -0.39 is 0 Å². The molecule has 0 aromatic heterocycles. The first-order valence-electron chi connectivity index (χ1n) is 9.94. The third kappa shape index (κ3) is 5.81. The Kier molecular flexibility index (Phi) is 8.66. The highest BCUT2D eigenvalue weighted by Gasteiger charge is 2.39. The minimum Gasteiger partial charge on any atom is -0.497 e. The van der Waals surface area contributed by atoms with Crippen molar-refractivity contribution in [2.45, 2.75) is 77.2 Å². The third-order valence-electron chi connectivity index (χ3n) is 5.70. The van der Waals surface area contributed by atoms with Crippen LogP contribution in [-0.4, -0.2) is 20.3 Å². The van der Waals surface area contributed by atoms with Crippen LogP contribution in [0.5, 0.6) is 5.75 Å². The molecule has 0 amide bonds. The van der Waals surface area contributed by atoms with Crippen LogP contribution in [0.15, 0.2) is 24.3 Å². The zero-order chi connectivity index (χ0) is 17.2. The molecule has 0 bridgehead atoms. The van der Waals surface area contributed by atoms with Crippen LogP contribution in [0.2, 0.25) is 0 Å². The highest BCUT2D eigenvalue weighted by Crippen LogP contribution is 2.42. The van der Waals surface area contributed by atoms with Crippen molar-refractivity contribution in [3.63, 3.8) is 0 Å². The fourth-order valence-corrected chi connectivity index (χ4v) is 4.13. The molecule has 1 saturated carbocycles. The van der Waals surface area contributed by atoms with Crippen LogP contribution < -0.4 is 4.74 Å². The van der Waals surface area contributed by atoms with E-state index in [9.17, 15) is 0 Å². The minimum atomic E-state index is 0.499. The van der Waals surface area contributed by atoms with E-state index in [0.29, 0.717) is 6.10 Å². The Hall–Kier alpha value is -1.02. The van der Waals surface area contributed by atoms with E-state index in [0.717, 1.165) is 24.0 Å². The fraction of sp³-hybridized carbons (Fsp3) is 0.727. The molecule has 0 aliphatic heterocycles. The predicted molar refractivity (Wildman–Crippen MR) is 102 cm³/mol. The van der Waals surface area contributed by atoms with Gasteiger partial charge >= 0.3 is 0 Å². The van der Waals surface area contributed by atoms with Gasteiger partial charge in [-0.2, -0.15) is 0 Å². The summed E-state index contributed by atoms with van der Waals surface area (Å²) >= 11 is 0. The van der Waals surface area contributed by atoms with Gasteiger partial charge in [0.05, 0.1) is 13.2 Å². The van der Waals surface area contributed by atoms with Gasteiger partial charge < -0.3 is 9.47 Å². The van der Waals surface area contributed by atoms with Crippen LogP contribution in [0.25, 0.3) is 0 Å². The second kappa shape index (κ2) is 10.8. The lowest BCUT2D eigenvalue weighted by Crippen LogP contribution is -2.43. The normalized spacial score (nSPS) is 23.0. The molecular weight excluding hydrogens is 296 g/mol. The minimum absolute atomic E-state index is 0.499. The molecule has 0 N–H and O–H groups in total. The summed E-state index contributed by atoms with van der Waals surface area (Å²) in [6, 6.07) is 8.50. The molecule has 0 spiro atoms. The Morgan fingerprint density at radius 1 is 0.875 bits per heavy atom. The molecule has 2 unspecified atom stereocenters. The second-order valence-corrected chi connectivity index (χ2v) is 7.40. The molecule has 0 saturated heterocycles. The summed E-state index contributed by atoms with van der Waals surface area (Å²) in [5.74, 6) is 2.50. The number of ether oxygens (including phenoxy) is 2. The number of rotatable bonds is 12. The van der Waals surface area contributed by atoms with E-state index in [1.165, 1.54) is 63.4 Å². The Morgan fingerprint density at radius 3 is 2.21 bits per heavy atom. The van der Waals surface area contributed by atoms with E-state index in [-0.39, 0.29) is 0 Å². The average molecular weight is 333 g/mol. The van der Waals surface area contributed by atoms with Gasteiger partial charge in [0, 0.05) is 7.11 Å². The Balaban J connectivity index is 1.62. The van der Waals surface area contributed by atoms with Crippen LogP contribution >= 0.6 is 0 Å². The second-order valence-electron chi connectivity index (χ2n) is 7.40. The molecule has 0 heterocycles. The highest BCUT2D eigenvalue weighted by molar-refractivity contribution is 5.27. The van der Waals surface area contributed by atoms with Crippen molar-refractivity contribution in [2.75, 3.05) is 14.2 Å². The van der Waals surface area contributed by atoms with Crippen molar-refractivity contribution in [2.24, 2.45) is 11.8 Å². The number of hydrogen-bond donors (Lipinski definition) is 0. The van der Waals surface area contributed by atoms with E-state index in [1.54, 1.807) is 7.11 Å². The largest absolute Gasteiger partial charge is 0.497 e. The third-order valence-corrected chi connectivity index (χ3v) is 5.70. The molecule has 24 heavy (non-hydrogen) atoms. The molecule has 2 heteroatoms. The summed E-state index contributed by atoms with van der Waals surface area (Å²) in [5.41, 5.74) is 1.41. The monoisotopic (exact) mass is 332 g/mol. The first-order valence-corrected chi connectivity index (χ1v) is 9.94. The van der Waals surface area contributed by atoms with E-state index in [2.05, 4.69) is 31.2 Å². The van der Waals surface area contributed by atoms with Crippen molar-refractivity contribution in [1.82, 2.24) is 0 Å². The summed E-state index contributed by atoms with van der Waals surface area (Å²) in [6.45, 7) is 2.28. The predicted octanol–water partition coefficient (Wildman–Crippen LogP) is 6.03. The van der Waals surface area contributed by atoms with Gasteiger partial charge in [0.2, 0.25) is 0 Å². The van der Waals surface area contributed by atoms with Crippen LogP contribution in [0.1, 0.15) is 70.3 Å². The summed E-state index contributed by atoms with van der Waals surface area (Å²) in [7, 11) is 3.62. The van der Waals surface area contributed by atoms with E-state index in [1.807, 2.05) is 7.11 Å². The van der Waals surface area contributed by atoms with E-state index in [4.69, 9.17) is 9.47 Å². The molecule has 1 aromatic carbocycles. The first-order chi connectivity index (χ1) is 11.8. The molecule has 1 aliphatic carbocycles. The van der Waals surface area contributed by atoms with Crippen molar-refractivity contribution in [3.8, 4) is 5.75 Å². The van der Waals surface area contributed by atoms with Crippen LogP contribution in [0.3, 0.4) is 0 Å². The number of hydrogen-bond acceptors (Lipinski definition) is 2. The molecule has 2 nitrogen and oxygen atoms in total. The lowest BCUT2D eigenvalue weighted by molar-refractivity contribution is -0.0784. The van der Waals surface area contributed by atoms with Crippen molar-refractivity contribution in [1.29, 1.82) is 0 Å². The fourth-order valence-electron chi connectivity index (χ4n) is 4.13. The zero-order valence-electron chi connectivity index (χ0n) is 15.9. The average Bonchev–Trinajstić information content (AvgIpc) is 2.60. The Bertz CT molecular complexity index is 440. The maximum absolute atomic E-state index is 5.81. The van der Waals surface area contributed by atoms with Gasteiger partial charge in [-0.05, 0) is 55.2 Å². The maximum Gasteiger partial charge on any atom is 0.118 e. The molecule has 3 atom stereocenters. The lowest BCUT2D eigenvalue weighted by Gasteiger charge is -2.44. The van der Waals surface area contributed by atoms with Crippen molar-refractivity contribution in [3.05, 3.63) is 29.8 Å². The molecule has 1 aliphatic rings. The molecule has 1 aromatic rings. The van der Waals surface area contributed by atoms with E-state index >= 15 is 0 Å². The van der Waals surface area contributed by atoms with Crippen molar-refractivity contribution < 1.29 is 9.47 Å². The van der Waals surface area contributed by atoms with Gasteiger partial charge in [-0.3, -0.25) is 0 Å². The quantitative estimate of drug-likeness (QED) is 0.435. The number of unbranched alkanes of at least 4 members (excludes halogenated alkanes) is 5. The summed E-state index contributed by atoms with van der Waals surface area (Å²) < 4.78 is 11.0. The number of aryl methyl sites for hydroxylation is 1. The van der Waals surface area contributed by atoms with Gasteiger partial charge in [0.15, 0.2) is 0 Å². The smallest absolute Gasteiger partial charge is 0.118 e. The van der Waals surface area contributed by atoms with Gasteiger partial charge in [0.1, 0.15) is 5.75 Å².